The van der Waals surface area contributed by atoms with Gasteiger partial charge in [0.2, 0.25) is 0 Å². The minimum Gasteiger partial charge on any atom is -0.326 e. The fourth-order valence-electron chi connectivity index (χ4n) is 1.78. The second kappa shape index (κ2) is 5.11. The molecule has 19 heavy (non-hydrogen) atoms. The molecule has 8 heteroatoms. The van der Waals surface area contributed by atoms with Gasteiger partial charge in [-0.15, -0.1) is 0 Å². The van der Waals surface area contributed by atoms with Gasteiger partial charge >= 0.3 is 6.03 Å². The Balaban J connectivity index is 2.32. The molecule has 0 aliphatic carbocycles. The molecule has 0 saturated carbocycles. The molecule has 2 rings (SSSR count). The summed E-state index contributed by atoms with van der Waals surface area (Å²) in [6.07, 6.45) is 0. The molecule has 0 bridgehead atoms. The maximum atomic E-state index is 12.1. The SMILES string of the molecule is CN1CCN(C(=O)c2ccc(I)c([N+](=O)[O-])c2)C1=O. The van der Waals surface area contributed by atoms with Gasteiger partial charge in [-0.05, 0) is 34.7 Å². The van der Waals surface area contributed by atoms with E-state index in [2.05, 4.69) is 0 Å². The number of amides is 3. The number of nitrogens with zero attached hydrogens (tertiary/aromatic N) is 3. The molecule has 1 aliphatic heterocycles. The van der Waals surface area contributed by atoms with Gasteiger partial charge in [0.25, 0.3) is 11.6 Å². The summed E-state index contributed by atoms with van der Waals surface area (Å²) in [5.41, 5.74) is 0.0159. The number of halogens is 1. The predicted octanol–water partition coefficient (Wildman–Crippen LogP) is 1.71. The van der Waals surface area contributed by atoms with E-state index in [4.69, 9.17) is 0 Å². The zero-order valence-electron chi connectivity index (χ0n) is 10.00. The number of rotatable bonds is 2. The molecule has 1 aliphatic rings. The normalized spacial score (nSPS) is 14.9. The fourth-order valence-corrected chi connectivity index (χ4v) is 2.31. The van der Waals surface area contributed by atoms with Crippen molar-refractivity contribution in [1.82, 2.24) is 9.80 Å². The van der Waals surface area contributed by atoms with Crippen molar-refractivity contribution >= 4 is 40.2 Å². The lowest BCUT2D eigenvalue weighted by atomic mass is 10.2. The van der Waals surface area contributed by atoms with Crippen LogP contribution in [0, 0.1) is 13.7 Å². The maximum absolute atomic E-state index is 12.1. The third-order valence-electron chi connectivity index (χ3n) is 2.85. The number of hydrogen-bond acceptors (Lipinski definition) is 4. The van der Waals surface area contributed by atoms with Crippen LogP contribution in [-0.4, -0.2) is 46.8 Å². The second-order valence-electron chi connectivity index (χ2n) is 4.08. The molecular weight excluding hydrogens is 365 g/mol. The van der Waals surface area contributed by atoms with Crippen molar-refractivity contribution in [1.29, 1.82) is 0 Å². The van der Waals surface area contributed by atoms with Gasteiger partial charge in [0.1, 0.15) is 0 Å². The number of benzene rings is 1. The van der Waals surface area contributed by atoms with E-state index in [1.165, 1.54) is 23.1 Å². The molecule has 7 nitrogen and oxygen atoms in total. The first-order chi connectivity index (χ1) is 8.91. The fraction of sp³-hybridized carbons (Fsp3) is 0.273. The number of hydrogen-bond donors (Lipinski definition) is 0. The smallest absolute Gasteiger partial charge is 0.326 e. The Kier molecular flexibility index (Phi) is 3.69. The minimum absolute atomic E-state index is 0.133. The highest BCUT2D eigenvalue weighted by molar-refractivity contribution is 14.1. The predicted molar refractivity (Wildman–Crippen MR) is 74.9 cm³/mol. The van der Waals surface area contributed by atoms with Crippen molar-refractivity contribution in [3.63, 3.8) is 0 Å². The Morgan fingerprint density at radius 1 is 1.42 bits per heavy atom. The van der Waals surface area contributed by atoms with Crippen LogP contribution in [0.2, 0.25) is 0 Å². The average molecular weight is 375 g/mol. The molecule has 1 fully saturated rings. The van der Waals surface area contributed by atoms with E-state index >= 15 is 0 Å². The summed E-state index contributed by atoms with van der Waals surface area (Å²) in [6.45, 7) is 0.769. The highest BCUT2D eigenvalue weighted by Gasteiger charge is 2.32. The van der Waals surface area contributed by atoms with Crippen molar-refractivity contribution < 1.29 is 14.5 Å². The molecule has 0 atom stereocenters. The standard InChI is InChI=1S/C11H10IN3O4/c1-13-4-5-14(11(13)17)10(16)7-2-3-8(12)9(6-7)15(18)19/h2-3,6H,4-5H2,1H3. The van der Waals surface area contributed by atoms with Crippen LogP contribution >= 0.6 is 22.6 Å². The summed E-state index contributed by atoms with van der Waals surface area (Å²) < 4.78 is 0.448. The molecule has 0 unspecified atom stereocenters. The first kappa shape index (κ1) is 13.7. The lowest BCUT2D eigenvalue weighted by Crippen LogP contribution is -2.34. The van der Waals surface area contributed by atoms with Crippen LogP contribution in [0.25, 0.3) is 0 Å². The molecule has 1 aromatic carbocycles. The molecule has 3 amide bonds. The van der Waals surface area contributed by atoms with Gasteiger partial charge in [-0.2, -0.15) is 0 Å². The Labute approximate surface area is 122 Å². The molecule has 1 heterocycles. The molecule has 1 aromatic rings. The van der Waals surface area contributed by atoms with E-state index in [1.807, 2.05) is 22.6 Å². The van der Waals surface area contributed by atoms with Crippen LogP contribution in [0.15, 0.2) is 18.2 Å². The van der Waals surface area contributed by atoms with Crippen molar-refractivity contribution in [2.75, 3.05) is 20.1 Å². The van der Waals surface area contributed by atoms with Crippen LogP contribution in [0.5, 0.6) is 0 Å². The first-order valence-corrected chi connectivity index (χ1v) is 6.50. The van der Waals surface area contributed by atoms with Crippen molar-refractivity contribution in [3.8, 4) is 0 Å². The summed E-state index contributed by atoms with van der Waals surface area (Å²) in [7, 11) is 1.60. The summed E-state index contributed by atoms with van der Waals surface area (Å²) >= 11 is 1.83. The number of urea groups is 1. The van der Waals surface area contributed by atoms with Gasteiger partial charge in [-0.3, -0.25) is 19.8 Å². The number of carbonyl (C=O) groups is 2. The maximum Gasteiger partial charge on any atom is 0.326 e. The van der Waals surface area contributed by atoms with Gasteiger partial charge < -0.3 is 4.90 Å². The van der Waals surface area contributed by atoms with E-state index in [9.17, 15) is 19.7 Å². The van der Waals surface area contributed by atoms with Crippen LogP contribution < -0.4 is 0 Å². The minimum atomic E-state index is -0.545. The van der Waals surface area contributed by atoms with Crippen molar-refractivity contribution in [3.05, 3.63) is 37.4 Å². The Morgan fingerprint density at radius 3 is 2.63 bits per heavy atom. The van der Waals surface area contributed by atoms with Gasteiger partial charge in [-0.25, -0.2) is 4.79 Å². The molecule has 0 N–H and O–H groups in total. The first-order valence-electron chi connectivity index (χ1n) is 5.42. The van der Waals surface area contributed by atoms with E-state index in [1.54, 1.807) is 7.05 Å². The summed E-state index contributed by atoms with van der Waals surface area (Å²) in [5.74, 6) is -0.506. The zero-order chi connectivity index (χ0) is 14.2. The molecule has 1 saturated heterocycles. The molecule has 100 valence electrons. The molecule has 0 aromatic heterocycles. The molecular formula is C11H10IN3O4. The van der Waals surface area contributed by atoms with Crippen LogP contribution in [0.1, 0.15) is 10.4 Å². The van der Waals surface area contributed by atoms with E-state index in [0.717, 1.165) is 4.90 Å². The van der Waals surface area contributed by atoms with Gasteiger partial charge in [0.15, 0.2) is 0 Å². The van der Waals surface area contributed by atoms with Crippen LogP contribution in [0.4, 0.5) is 10.5 Å². The van der Waals surface area contributed by atoms with Crippen LogP contribution in [-0.2, 0) is 0 Å². The summed E-state index contributed by atoms with van der Waals surface area (Å²) in [6, 6.07) is 3.81. The van der Waals surface area contributed by atoms with Gasteiger partial charge in [0, 0.05) is 31.8 Å². The van der Waals surface area contributed by atoms with Crippen molar-refractivity contribution in [2.24, 2.45) is 0 Å². The molecule has 0 radical (unpaired) electrons. The lowest BCUT2D eigenvalue weighted by molar-refractivity contribution is -0.385. The average Bonchev–Trinajstić information content (AvgIpc) is 2.69. The highest BCUT2D eigenvalue weighted by Crippen LogP contribution is 2.23. The van der Waals surface area contributed by atoms with E-state index < -0.39 is 10.8 Å². The van der Waals surface area contributed by atoms with Gasteiger partial charge in [-0.1, -0.05) is 0 Å². The second-order valence-corrected chi connectivity index (χ2v) is 5.25. The van der Waals surface area contributed by atoms with E-state index in [-0.39, 0.29) is 17.3 Å². The molecule has 0 spiro atoms. The third-order valence-corrected chi connectivity index (χ3v) is 3.76. The third kappa shape index (κ3) is 2.53. The number of carbonyl (C=O) groups excluding carboxylic acids is 2. The Hall–Kier alpha value is -1.71. The summed E-state index contributed by atoms with van der Waals surface area (Å²) in [4.78, 5) is 36.7. The topological polar surface area (TPSA) is 83.8 Å². The van der Waals surface area contributed by atoms with E-state index in [0.29, 0.717) is 16.7 Å². The zero-order valence-corrected chi connectivity index (χ0v) is 12.2. The Morgan fingerprint density at radius 2 is 2.11 bits per heavy atom. The van der Waals surface area contributed by atoms with Crippen molar-refractivity contribution in [2.45, 2.75) is 0 Å². The highest BCUT2D eigenvalue weighted by atomic mass is 127. The largest absolute Gasteiger partial charge is 0.326 e. The summed E-state index contributed by atoms with van der Waals surface area (Å²) in [5, 5.41) is 10.8. The Bertz CT molecular complexity index is 575. The number of nitro groups is 1. The quantitative estimate of drug-likeness (QED) is 0.448. The lowest BCUT2D eigenvalue weighted by Gasteiger charge is -2.14. The number of nitro benzene ring substituents is 1. The monoisotopic (exact) mass is 375 g/mol. The number of likely N-dealkylation sites (N-methyl/N-ethyl adjacent to an activating group) is 1. The van der Waals surface area contributed by atoms with Crippen LogP contribution in [0.3, 0.4) is 0 Å². The number of imide groups is 1. The van der Waals surface area contributed by atoms with Gasteiger partial charge in [0.05, 0.1) is 8.49 Å².